The lowest BCUT2D eigenvalue weighted by molar-refractivity contribution is -0.116. The molecular formula is C19H22N4O5S2. The molecule has 0 saturated heterocycles. The fourth-order valence-electron chi connectivity index (χ4n) is 2.84. The molecule has 0 unspecified atom stereocenters. The Morgan fingerprint density at radius 1 is 1.03 bits per heavy atom. The van der Waals surface area contributed by atoms with Crippen molar-refractivity contribution in [2.24, 2.45) is 4.99 Å². The minimum atomic E-state index is -3.82. The number of amides is 1. The molecule has 160 valence electrons. The molecular weight excluding hydrogens is 428 g/mol. The third-order valence-corrected chi connectivity index (χ3v) is 7.57. The fourth-order valence-corrected chi connectivity index (χ4v) is 5.12. The van der Waals surface area contributed by atoms with Gasteiger partial charge < -0.3 is 5.32 Å². The van der Waals surface area contributed by atoms with Gasteiger partial charge in [-0.15, -0.1) is 0 Å². The number of benzene rings is 2. The molecule has 0 bridgehead atoms. The highest BCUT2D eigenvalue weighted by molar-refractivity contribution is 7.90. The normalized spacial score (nSPS) is 14.4. The Balaban J connectivity index is 1.68. The number of carbonyl (C=O) groups excluding carboxylic acids is 1. The summed E-state index contributed by atoms with van der Waals surface area (Å²) < 4.78 is 53.4. The number of likely N-dealkylation sites (N-methyl/N-ethyl adjacent to an activating group) is 1. The van der Waals surface area contributed by atoms with E-state index in [0.717, 1.165) is 10.7 Å². The van der Waals surface area contributed by atoms with Crippen molar-refractivity contribution in [1.29, 1.82) is 0 Å². The zero-order valence-corrected chi connectivity index (χ0v) is 17.9. The predicted molar refractivity (Wildman–Crippen MR) is 113 cm³/mol. The summed E-state index contributed by atoms with van der Waals surface area (Å²) >= 11 is 0. The zero-order valence-electron chi connectivity index (χ0n) is 16.3. The number of nitrogens with zero attached hydrogens (tertiary/aromatic N) is 2. The highest BCUT2D eigenvalue weighted by Crippen LogP contribution is 2.17. The average Bonchev–Trinajstić information content (AvgIpc) is 3.21. The van der Waals surface area contributed by atoms with Gasteiger partial charge in [0.05, 0.1) is 16.3 Å². The standard InChI is InChI=1S/C19H22N4O5S2/c1-23(30(27,28)16-8-3-2-4-9-16)14-19(24)21-15-7-5-10-17(13-15)29(25,26)22-18-11-6-12-20-18/h2-5,7-10,13H,6,11-12,14H2,1H3,(H,20,22)(H,21,24). The molecule has 1 aliphatic heterocycles. The van der Waals surface area contributed by atoms with Gasteiger partial charge in [-0.25, -0.2) is 16.8 Å². The van der Waals surface area contributed by atoms with Gasteiger partial charge in [0.2, 0.25) is 15.9 Å². The molecule has 0 atom stereocenters. The Kier molecular flexibility index (Phi) is 6.54. The summed E-state index contributed by atoms with van der Waals surface area (Å²) in [6.07, 6.45) is 1.37. The van der Waals surface area contributed by atoms with Crippen LogP contribution in [0.25, 0.3) is 0 Å². The first-order valence-corrected chi connectivity index (χ1v) is 12.1. The van der Waals surface area contributed by atoms with E-state index in [4.69, 9.17) is 0 Å². The predicted octanol–water partition coefficient (Wildman–Crippen LogP) is 1.42. The van der Waals surface area contributed by atoms with E-state index in [0.29, 0.717) is 18.8 Å². The highest BCUT2D eigenvalue weighted by atomic mass is 32.2. The van der Waals surface area contributed by atoms with Crippen LogP contribution in [0.15, 0.2) is 69.4 Å². The maximum atomic E-state index is 12.5. The number of nitrogens with one attached hydrogen (secondary N) is 2. The molecule has 2 aromatic carbocycles. The van der Waals surface area contributed by atoms with Crippen molar-refractivity contribution in [2.45, 2.75) is 22.6 Å². The molecule has 0 aliphatic carbocycles. The third-order valence-electron chi connectivity index (χ3n) is 4.37. The molecule has 0 radical (unpaired) electrons. The minimum Gasteiger partial charge on any atom is -0.325 e. The lowest BCUT2D eigenvalue weighted by Gasteiger charge is -2.17. The van der Waals surface area contributed by atoms with Crippen LogP contribution in [-0.2, 0) is 24.8 Å². The molecule has 9 nitrogen and oxygen atoms in total. The first-order chi connectivity index (χ1) is 14.2. The Morgan fingerprint density at radius 3 is 2.40 bits per heavy atom. The van der Waals surface area contributed by atoms with Gasteiger partial charge in [0, 0.05) is 25.7 Å². The number of sulfonamides is 2. The SMILES string of the molecule is CN(CC(=O)Nc1cccc(S(=O)(=O)NC2=NCCC2)c1)S(=O)(=O)c1ccccc1. The van der Waals surface area contributed by atoms with Crippen LogP contribution in [0.3, 0.4) is 0 Å². The van der Waals surface area contributed by atoms with Crippen molar-refractivity contribution in [3.63, 3.8) is 0 Å². The van der Waals surface area contributed by atoms with E-state index in [2.05, 4.69) is 15.0 Å². The quantitative estimate of drug-likeness (QED) is 0.660. The van der Waals surface area contributed by atoms with Gasteiger partial charge in [0.25, 0.3) is 10.0 Å². The molecule has 1 amide bonds. The van der Waals surface area contributed by atoms with Crippen molar-refractivity contribution < 1.29 is 21.6 Å². The van der Waals surface area contributed by atoms with Gasteiger partial charge in [0.15, 0.2) is 0 Å². The van der Waals surface area contributed by atoms with Crippen LogP contribution < -0.4 is 10.0 Å². The van der Waals surface area contributed by atoms with E-state index in [-0.39, 0.29) is 15.5 Å². The number of hydrogen-bond donors (Lipinski definition) is 2. The minimum absolute atomic E-state index is 0.0276. The topological polar surface area (TPSA) is 125 Å². The van der Waals surface area contributed by atoms with Gasteiger partial charge in [-0.1, -0.05) is 24.3 Å². The summed E-state index contributed by atoms with van der Waals surface area (Å²) in [4.78, 5) is 16.5. The Hall–Kier alpha value is -2.76. The molecule has 1 heterocycles. The van der Waals surface area contributed by atoms with Crippen LogP contribution in [0.5, 0.6) is 0 Å². The van der Waals surface area contributed by atoms with Crippen molar-refractivity contribution in [3.05, 3.63) is 54.6 Å². The molecule has 1 aliphatic rings. The lowest BCUT2D eigenvalue weighted by atomic mass is 10.3. The van der Waals surface area contributed by atoms with Crippen molar-refractivity contribution in [3.8, 4) is 0 Å². The first kappa shape index (κ1) is 21.9. The highest BCUT2D eigenvalue weighted by Gasteiger charge is 2.23. The van der Waals surface area contributed by atoms with Gasteiger partial charge in [-0.05, 0) is 36.8 Å². The summed E-state index contributed by atoms with van der Waals surface area (Å²) in [6.45, 7) is 0.163. The average molecular weight is 451 g/mol. The van der Waals surface area contributed by atoms with E-state index in [1.165, 1.54) is 43.4 Å². The molecule has 0 aromatic heterocycles. The Bertz CT molecular complexity index is 1160. The summed E-state index contributed by atoms with van der Waals surface area (Å²) in [6, 6.07) is 13.5. The maximum Gasteiger partial charge on any atom is 0.262 e. The van der Waals surface area contributed by atoms with Crippen molar-refractivity contribution >= 4 is 37.5 Å². The van der Waals surface area contributed by atoms with Crippen molar-refractivity contribution in [2.75, 3.05) is 25.5 Å². The monoisotopic (exact) mass is 450 g/mol. The van der Waals surface area contributed by atoms with Gasteiger partial charge in [-0.3, -0.25) is 14.5 Å². The second-order valence-corrected chi connectivity index (χ2v) is 10.4. The molecule has 0 spiro atoms. The number of hydrogen-bond acceptors (Lipinski definition) is 6. The molecule has 0 fully saturated rings. The van der Waals surface area contributed by atoms with Crippen LogP contribution in [0.4, 0.5) is 5.69 Å². The van der Waals surface area contributed by atoms with E-state index in [1.54, 1.807) is 18.2 Å². The van der Waals surface area contributed by atoms with Crippen LogP contribution in [0, 0.1) is 0 Å². The summed E-state index contributed by atoms with van der Waals surface area (Å²) in [5.74, 6) is -0.183. The summed E-state index contributed by atoms with van der Waals surface area (Å²) in [7, 11) is -6.34. The van der Waals surface area contributed by atoms with Crippen molar-refractivity contribution in [1.82, 2.24) is 9.03 Å². The number of aliphatic imine (C=N–C) groups is 1. The number of rotatable bonds is 7. The largest absolute Gasteiger partial charge is 0.325 e. The van der Waals surface area contributed by atoms with Gasteiger partial charge >= 0.3 is 0 Å². The number of carbonyl (C=O) groups is 1. The smallest absolute Gasteiger partial charge is 0.262 e. The van der Waals surface area contributed by atoms with E-state index >= 15 is 0 Å². The number of anilines is 1. The lowest BCUT2D eigenvalue weighted by Crippen LogP contribution is -2.35. The molecule has 11 heteroatoms. The van der Waals surface area contributed by atoms with Gasteiger partial charge in [-0.2, -0.15) is 4.31 Å². The molecule has 2 N–H and O–H groups in total. The second-order valence-electron chi connectivity index (χ2n) is 6.69. The third kappa shape index (κ3) is 5.23. The Labute approximate surface area is 175 Å². The van der Waals surface area contributed by atoms with Crippen LogP contribution in [0.2, 0.25) is 0 Å². The van der Waals surface area contributed by atoms with Crippen LogP contribution >= 0.6 is 0 Å². The molecule has 0 saturated carbocycles. The fraction of sp³-hybridized carbons (Fsp3) is 0.263. The summed E-state index contributed by atoms with van der Waals surface area (Å²) in [5, 5.41) is 2.54. The molecule has 2 aromatic rings. The second kappa shape index (κ2) is 8.94. The van der Waals surface area contributed by atoms with Crippen LogP contribution in [0.1, 0.15) is 12.8 Å². The molecule has 3 rings (SSSR count). The first-order valence-electron chi connectivity index (χ1n) is 9.16. The van der Waals surface area contributed by atoms with E-state index in [9.17, 15) is 21.6 Å². The van der Waals surface area contributed by atoms with E-state index in [1.807, 2.05) is 0 Å². The van der Waals surface area contributed by atoms with Crippen LogP contribution in [-0.4, -0.2) is 53.0 Å². The molecule has 30 heavy (non-hydrogen) atoms. The Morgan fingerprint density at radius 2 is 1.73 bits per heavy atom. The number of amidine groups is 1. The summed E-state index contributed by atoms with van der Waals surface area (Å²) in [5.41, 5.74) is 0.238. The zero-order chi connectivity index (χ0) is 21.8. The van der Waals surface area contributed by atoms with E-state index < -0.39 is 32.5 Å². The maximum absolute atomic E-state index is 12.5. The van der Waals surface area contributed by atoms with Gasteiger partial charge in [0.1, 0.15) is 5.84 Å².